The molecule has 2 aromatic rings. The molecule has 1 atom stereocenters. The molecule has 0 aliphatic carbocycles. The Morgan fingerprint density at radius 3 is 2.53 bits per heavy atom. The van der Waals surface area contributed by atoms with Gasteiger partial charge in [0, 0.05) is 17.1 Å². The molecule has 0 radical (unpaired) electrons. The molecule has 0 bridgehead atoms. The lowest BCUT2D eigenvalue weighted by Crippen LogP contribution is -2.57. The summed E-state index contributed by atoms with van der Waals surface area (Å²) in [5.74, 6) is -1.17. The highest BCUT2D eigenvalue weighted by Gasteiger charge is 2.54. The van der Waals surface area contributed by atoms with Gasteiger partial charge in [-0.15, -0.1) is 0 Å². The molecule has 1 aromatic heterocycles. The fraction of sp³-hybridized carbons (Fsp3) is 0.231. The molecule has 1 aromatic carbocycles. The van der Waals surface area contributed by atoms with Gasteiger partial charge in [0.1, 0.15) is 0 Å². The molecular weight excluding hydrogens is 257 g/mol. The third-order valence-electron chi connectivity index (χ3n) is 2.95. The highest BCUT2D eigenvalue weighted by Crippen LogP contribution is 2.32. The number of fused-ring (bicyclic) bond motifs is 1. The van der Waals surface area contributed by atoms with Crippen molar-refractivity contribution in [1.82, 2.24) is 4.98 Å². The van der Waals surface area contributed by atoms with Crippen LogP contribution in [0.5, 0.6) is 0 Å². The Hall–Kier alpha value is -1.95. The summed E-state index contributed by atoms with van der Waals surface area (Å²) in [6.45, 7) is 0.671. The molecule has 2 N–H and O–H groups in total. The largest absolute Gasteiger partial charge is 0.413 e. The molecule has 0 aliphatic rings. The van der Waals surface area contributed by atoms with Gasteiger partial charge in [-0.3, -0.25) is 9.78 Å². The maximum Gasteiger partial charge on any atom is 0.413 e. The lowest BCUT2D eigenvalue weighted by molar-refractivity contribution is -0.165. The number of rotatable bonds is 2. The van der Waals surface area contributed by atoms with E-state index < -0.39 is 17.5 Å². The Morgan fingerprint density at radius 1 is 1.21 bits per heavy atom. The number of hydrogen-bond donors (Lipinski definition) is 1. The first-order valence-corrected chi connectivity index (χ1v) is 5.49. The van der Waals surface area contributed by atoms with Gasteiger partial charge in [0.2, 0.25) is 0 Å². The Morgan fingerprint density at radius 2 is 1.89 bits per heavy atom. The molecular formula is C13H11F3N2O. The number of alkyl halides is 3. The Bertz CT molecular complexity index is 630. The topological polar surface area (TPSA) is 56.0 Å². The van der Waals surface area contributed by atoms with Crippen molar-refractivity contribution in [2.45, 2.75) is 18.6 Å². The summed E-state index contributed by atoms with van der Waals surface area (Å²) in [6.07, 6.45) is -3.31. The number of ketones is 1. The molecule has 6 heteroatoms. The van der Waals surface area contributed by atoms with Gasteiger partial charge in [-0.1, -0.05) is 18.2 Å². The lowest BCUT2D eigenvalue weighted by Gasteiger charge is -2.26. The predicted octanol–water partition coefficient (Wildman–Crippen LogP) is 2.70. The molecule has 100 valence electrons. The Kier molecular flexibility index (Phi) is 3.06. The fourth-order valence-corrected chi connectivity index (χ4v) is 1.71. The molecule has 0 aliphatic heterocycles. The van der Waals surface area contributed by atoms with Crippen LogP contribution in [0.1, 0.15) is 17.3 Å². The fourth-order valence-electron chi connectivity index (χ4n) is 1.71. The van der Waals surface area contributed by atoms with Gasteiger partial charge in [0.05, 0.1) is 5.52 Å². The van der Waals surface area contributed by atoms with Crippen LogP contribution in [0.25, 0.3) is 10.9 Å². The van der Waals surface area contributed by atoms with E-state index >= 15 is 0 Å². The molecule has 0 spiro atoms. The van der Waals surface area contributed by atoms with E-state index in [0.29, 0.717) is 17.8 Å². The van der Waals surface area contributed by atoms with Gasteiger partial charge in [-0.2, -0.15) is 13.2 Å². The average Bonchev–Trinajstić information content (AvgIpc) is 2.36. The number of Topliss-reactive ketones (excluding diaryl/α,β-unsaturated/α-hetero) is 1. The van der Waals surface area contributed by atoms with Crippen molar-refractivity contribution in [3.05, 3.63) is 42.1 Å². The minimum absolute atomic E-state index is 0.0760. The molecule has 1 heterocycles. The first-order valence-electron chi connectivity index (χ1n) is 5.49. The standard InChI is InChI=1S/C13H11F3N2O/c1-12(17,13(14,15)16)11(19)9-4-2-6-10-8(9)5-3-7-18-10/h2-7H,17H2,1H3. The second-order valence-electron chi connectivity index (χ2n) is 4.40. The van der Waals surface area contributed by atoms with Gasteiger partial charge >= 0.3 is 6.18 Å². The van der Waals surface area contributed by atoms with Crippen LogP contribution in [0.4, 0.5) is 13.2 Å². The number of benzene rings is 1. The highest BCUT2D eigenvalue weighted by molar-refractivity contribution is 6.12. The second-order valence-corrected chi connectivity index (χ2v) is 4.40. The van der Waals surface area contributed by atoms with Crippen LogP contribution >= 0.6 is 0 Å². The molecule has 0 fully saturated rings. The molecule has 19 heavy (non-hydrogen) atoms. The monoisotopic (exact) mass is 268 g/mol. The maximum absolute atomic E-state index is 12.8. The van der Waals surface area contributed by atoms with Crippen molar-refractivity contribution >= 4 is 16.7 Å². The lowest BCUT2D eigenvalue weighted by atomic mass is 9.89. The van der Waals surface area contributed by atoms with Crippen molar-refractivity contribution in [2.24, 2.45) is 5.73 Å². The molecule has 0 saturated heterocycles. The van der Waals surface area contributed by atoms with Crippen LogP contribution < -0.4 is 5.73 Å². The zero-order valence-corrected chi connectivity index (χ0v) is 10.0. The Balaban J connectivity index is 2.60. The minimum Gasteiger partial charge on any atom is -0.311 e. The van der Waals surface area contributed by atoms with Crippen LogP contribution in [-0.4, -0.2) is 22.5 Å². The van der Waals surface area contributed by atoms with Crippen LogP contribution in [0.2, 0.25) is 0 Å². The third kappa shape index (κ3) is 2.19. The second kappa shape index (κ2) is 4.31. The van der Waals surface area contributed by atoms with Crippen LogP contribution in [0.3, 0.4) is 0 Å². The van der Waals surface area contributed by atoms with E-state index in [2.05, 4.69) is 4.98 Å². The number of nitrogens with zero attached hydrogens (tertiary/aromatic N) is 1. The summed E-state index contributed by atoms with van der Waals surface area (Å²) in [6, 6.07) is 7.52. The van der Waals surface area contributed by atoms with Crippen molar-refractivity contribution in [3.8, 4) is 0 Å². The zero-order valence-electron chi connectivity index (χ0n) is 10.0. The zero-order chi connectivity index (χ0) is 14.3. The number of nitrogens with two attached hydrogens (primary N) is 1. The van der Waals surface area contributed by atoms with Gasteiger partial charge in [-0.05, 0) is 19.1 Å². The smallest absolute Gasteiger partial charge is 0.311 e. The van der Waals surface area contributed by atoms with Gasteiger partial charge in [0.25, 0.3) is 0 Å². The van der Waals surface area contributed by atoms with Crippen molar-refractivity contribution < 1.29 is 18.0 Å². The molecule has 2 rings (SSSR count). The summed E-state index contributed by atoms with van der Waals surface area (Å²) in [5, 5.41) is 0.357. The quantitative estimate of drug-likeness (QED) is 0.852. The highest BCUT2D eigenvalue weighted by atomic mass is 19.4. The van der Waals surface area contributed by atoms with E-state index in [1.54, 1.807) is 18.2 Å². The van der Waals surface area contributed by atoms with Gasteiger partial charge in [0.15, 0.2) is 11.3 Å². The summed E-state index contributed by atoms with van der Waals surface area (Å²) in [7, 11) is 0. The SMILES string of the molecule is CC(N)(C(=O)c1cccc2ncccc12)C(F)(F)F. The van der Waals surface area contributed by atoms with Crippen molar-refractivity contribution in [3.63, 3.8) is 0 Å². The molecule has 0 amide bonds. The van der Waals surface area contributed by atoms with Crippen LogP contribution in [-0.2, 0) is 0 Å². The molecule has 1 unspecified atom stereocenters. The number of aromatic nitrogens is 1. The normalized spacial score (nSPS) is 15.2. The molecule has 0 saturated carbocycles. The number of hydrogen-bond acceptors (Lipinski definition) is 3. The summed E-state index contributed by atoms with van der Waals surface area (Å²) >= 11 is 0. The van der Waals surface area contributed by atoms with Crippen LogP contribution in [0.15, 0.2) is 36.5 Å². The van der Waals surface area contributed by atoms with E-state index in [0.717, 1.165) is 0 Å². The number of carbonyl (C=O) groups excluding carboxylic acids is 1. The van der Waals surface area contributed by atoms with E-state index in [-0.39, 0.29) is 5.56 Å². The minimum atomic E-state index is -4.81. The van der Waals surface area contributed by atoms with Gasteiger partial charge in [-0.25, -0.2) is 0 Å². The number of pyridine rings is 1. The van der Waals surface area contributed by atoms with E-state index in [4.69, 9.17) is 5.73 Å². The summed E-state index contributed by atoms with van der Waals surface area (Å²) in [4.78, 5) is 16.0. The van der Waals surface area contributed by atoms with Crippen molar-refractivity contribution in [1.29, 1.82) is 0 Å². The first kappa shape index (κ1) is 13.5. The Labute approximate surface area is 107 Å². The van der Waals surface area contributed by atoms with Crippen LogP contribution in [0, 0.1) is 0 Å². The van der Waals surface area contributed by atoms with E-state index in [1.165, 1.54) is 18.3 Å². The van der Waals surface area contributed by atoms with E-state index in [1.807, 2.05) is 0 Å². The van der Waals surface area contributed by atoms with Gasteiger partial charge < -0.3 is 5.73 Å². The summed E-state index contributed by atoms with van der Waals surface area (Å²) in [5.41, 5.74) is 2.62. The van der Waals surface area contributed by atoms with E-state index in [9.17, 15) is 18.0 Å². The number of halogens is 3. The maximum atomic E-state index is 12.8. The van der Waals surface area contributed by atoms with Crippen molar-refractivity contribution in [2.75, 3.05) is 0 Å². The number of carbonyl (C=O) groups is 1. The average molecular weight is 268 g/mol. The first-order chi connectivity index (χ1) is 8.75. The predicted molar refractivity (Wildman–Crippen MR) is 64.7 cm³/mol. The summed E-state index contributed by atoms with van der Waals surface area (Å²) < 4.78 is 38.4. The molecule has 3 nitrogen and oxygen atoms in total. The third-order valence-corrected chi connectivity index (χ3v) is 2.95.